The summed E-state index contributed by atoms with van der Waals surface area (Å²) in [5.74, 6) is -1.19. The van der Waals surface area contributed by atoms with Crippen LogP contribution >= 0.6 is 15.9 Å². The summed E-state index contributed by atoms with van der Waals surface area (Å²) in [5, 5.41) is 8.85. The van der Waals surface area contributed by atoms with E-state index in [0.29, 0.717) is 0 Å². The van der Waals surface area contributed by atoms with Crippen molar-refractivity contribution in [1.29, 1.82) is 0 Å². The van der Waals surface area contributed by atoms with Crippen LogP contribution in [0.25, 0.3) is 0 Å². The van der Waals surface area contributed by atoms with Gasteiger partial charge in [0.1, 0.15) is 6.04 Å². The Kier molecular flexibility index (Phi) is 4.52. The van der Waals surface area contributed by atoms with Gasteiger partial charge in [0.05, 0.1) is 4.90 Å². The molecular formula is C11H14BrNO4S. The molecule has 0 aliphatic carbocycles. The average Bonchev–Trinajstić information content (AvgIpc) is 2.30. The van der Waals surface area contributed by atoms with Crippen molar-refractivity contribution in [3.05, 3.63) is 28.2 Å². The number of hydrogen-bond acceptors (Lipinski definition) is 3. The number of sulfonamides is 1. The Morgan fingerprint density at radius 2 is 2.00 bits per heavy atom. The zero-order chi connectivity index (χ0) is 14.1. The standard InChI is InChI=1S/C11H14BrNO4S/c1-7-6-9(4-5-10(7)12)18(16,17)13(3)8(2)11(14)15/h4-6,8H,1-3H3,(H,14,15). The minimum atomic E-state index is -3.79. The van der Waals surface area contributed by atoms with E-state index < -0.39 is 22.0 Å². The fourth-order valence-corrected chi connectivity index (χ4v) is 2.96. The van der Waals surface area contributed by atoms with Gasteiger partial charge >= 0.3 is 5.97 Å². The summed E-state index contributed by atoms with van der Waals surface area (Å²) in [7, 11) is -2.54. The molecule has 0 fully saturated rings. The van der Waals surface area contributed by atoms with Crippen molar-refractivity contribution in [3.63, 3.8) is 0 Å². The molecule has 1 aromatic carbocycles. The number of aliphatic carboxylic acids is 1. The monoisotopic (exact) mass is 335 g/mol. The molecule has 0 amide bonds. The molecule has 5 nitrogen and oxygen atoms in total. The van der Waals surface area contributed by atoms with E-state index in [2.05, 4.69) is 15.9 Å². The first kappa shape index (κ1) is 15.1. The summed E-state index contributed by atoms with van der Waals surface area (Å²) in [6, 6.07) is 3.46. The third-order valence-electron chi connectivity index (χ3n) is 2.71. The molecule has 18 heavy (non-hydrogen) atoms. The van der Waals surface area contributed by atoms with E-state index in [-0.39, 0.29) is 4.90 Å². The van der Waals surface area contributed by atoms with Gasteiger partial charge in [0.15, 0.2) is 0 Å². The molecule has 7 heteroatoms. The van der Waals surface area contributed by atoms with Gasteiger partial charge in [-0.15, -0.1) is 0 Å². The normalized spacial score (nSPS) is 13.6. The number of nitrogens with zero attached hydrogens (tertiary/aromatic N) is 1. The second kappa shape index (κ2) is 5.38. The van der Waals surface area contributed by atoms with Crippen LogP contribution in [0.2, 0.25) is 0 Å². The highest BCUT2D eigenvalue weighted by Gasteiger charge is 2.29. The van der Waals surface area contributed by atoms with E-state index in [1.54, 1.807) is 13.0 Å². The van der Waals surface area contributed by atoms with Gasteiger partial charge in [-0.2, -0.15) is 4.31 Å². The molecule has 0 spiro atoms. The first-order valence-electron chi connectivity index (χ1n) is 5.15. The largest absolute Gasteiger partial charge is 0.480 e. The topological polar surface area (TPSA) is 74.7 Å². The lowest BCUT2D eigenvalue weighted by atomic mass is 10.2. The summed E-state index contributed by atoms with van der Waals surface area (Å²) in [4.78, 5) is 10.9. The Morgan fingerprint density at radius 3 is 2.44 bits per heavy atom. The number of likely N-dealkylation sites (N-methyl/N-ethyl adjacent to an activating group) is 1. The second-order valence-corrected chi connectivity index (χ2v) is 6.80. The molecule has 0 radical (unpaired) electrons. The van der Waals surface area contributed by atoms with Crippen molar-refractivity contribution in [3.8, 4) is 0 Å². The van der Waals surface area contributed by atoms with Gasteiger partial charge in [-0.3, -0.25) is 4.79 Å². The molecule has 0 saturated carbocycles. The summed E-state index contributed by atoms with van der Waals surface area (Å²) in [5.41, 5.74) is 0.771. The van der Waals surface area contributed by atoms with Crippen LogP contribution in [0, 0.1) is 6.92 Å². The zero-order valence-electron chi connectivity index (χ0n) is 10.2. The number of aryl methyl sites for hydroxylation is 1. The minimum absolute atomic E-state index is 0.0822. The third-order valence-corrected chi connectivity index (χ3v) is 5.52. The average molecular weight is 336 g/mol. The molecule has 0 heterocycles. The molecule has 1 rings (SSSR count). The fraction of sp³-hybridized carbons (Fsp3) is 0.364. The van der Waals surface area contributed by atoms with E-state index >= 15 is 0 Å². The van der Waals surface area contributed by atoms with Gasteiger partial charge in [-0.25, -0.2) is 8.42 Å². The Balaban J connectivity index is 3.21. The third kappa shape index (κ3) is 2.90. The molecule has 1 atom stereocenters. The van der Waals surface area contributed by atoms with Crippen LogP contribution in [0.4, 0.5) is 0 Å². The van der Waals surface area contributed by atoms with E-state index in [1.807, 2.05) is 0 Å². The first-order chi connectivity index (χ1) is 8.17. The van der Waals surface area contributed by atoms with Crippen LogP contribution in [-0.2, 0) is 14.8 Å². The minimum Gasteiger partial charge on any atom is -0.480 e. The van der Waals surface area contributed by atoms with Gasteiger partial charge < -0.3 is 5.11 Å². The number of carboxylic acid groups (broad SMARTS) is 1. The van der Waals surface area contributed by atoms with E-state index in [0.717, 1.165) is 14.3 Å². The Morgan fingerprint density at radius 1 is 1.44 bits per heavy atom. The zero-order valence-corrected chi connectivity index (χ0v) is 12.6. The SMILES string of the molecule is Cc1cc(S(=O)(=O)N(C)C(C)C(=O)O)ccc1Br. The van der Waals surface area contributed by atoms with Crippen LogP contribution < -0.4 is 0 Å². The van der Waals surface area contributed by atoms with Gasteiger partial charge in [0.25, 0.3) is 0 Å². The van der Waals surface area contributed by atoms with Crippen LogP contribution in [0.5, 0.6) is 0 Å². The molecule has 1 aromatic rings. The quantitative estimate of drug-likeness (QED) is 0.911. The lowest BCUT2D eigenvalue weighted by Gasteiger charge is -2.21. The van der Waals surface area contributed by atoms with Crippen molar-refractivity contribution < 1.29 is 18.3 Å². The fourth-order valence-electron chi connectivity index (χ4n) is 1.31. The van der Waals surface area contributed by atoms with E-state index in [1.165, 1.54) is 26.1 Å². The summed E-state index contributed by atoms with van der Waals surface area (Å²) in [6.07, 6.45) is 0. The van der Waals surface area contributed by atoms with Crippen LogP contribution in [0.3, 0.4) is 0 Å². The molecule has 0 aliphatic rings. The first-order valence-corrected chi connectivity index (χ1v) is 7.38. The number of rotatable bonds is 4. The van der Waals surface area contributed by atoms with E-state index in [9.17, 15) is 13.2 Å². The van der Waals surface area contributed by atoms with Crippen LogP contribution in [0.15, 0.2) is 27.6 Å². The Hall–Kier alpha value is -0.920. The highest BCUT2D eigenvalue weighted by Crippen LogP contribution is 2.22. The Bertz CT molecular complexity index is 570. The van der Waals surface area contributed by atoms with Gasteiger partial charge in [0, 0.05) is 11.5 Å². The molecule has 0 bridgehead atoms. The number of benzene rings is 1. The molecule has 1 N–H and O–H groups in total. The number of carbonyl (C=O) groups is 1. The van der Waals surface area contributed by atoms with Crippen LogP contribution in [-0.4, -0.2) is 36.9 Å². The van der Waals surface area contributed by atoms with Crippen LogP contribution in [0.1, 0.15) is 12.5 Å². The van der Waals surface area contributed by atoms with Crippen molar-refractivity contribution in [1.82, 2.24) is 4.31 Å². The van der Waals surface area contributed by atoms with Crippen molar-refractivity contribution in [2.24, 2.45) is 0 Å². The van der Waals surface area contributed by atoms with Gasteiger partial charge in [-0.1, -0.05) is 15.9 Å². The van der Waals surface area contributed by atoms with E-state index in [4.69, 9.17) is 5.11 Å². The number of carboxylic acids is 1. The van der Waals surface area contributed by atoms with Crippen molar-refractivity contribution in [2.45, 2.75) is 24.8 Å². The summed E-state index contributed by atoms with van der Waals surface area (Å²) < 4.78 is 26.0. The second-order valence-electron chi connectivity index (χ2n) is 3.95. The smallest absolute Gasteiger partial charge is 0.321 e. The maximum Gasteiger partial charge on any atom is 0.321 e. The summed E-state index contributed by atoms with van der Waals surface area (Å²) >= 11 is 3.28. The predicted molar refractivity (Wildman–Crippen MR) is 70.9 cm³/mol. The lowest BCUT2D eigenvalue weighted by molar-refractivity contribution is -0.140. The van der Waals surface area contributed by atoms with Crippen molar-refractivity contribution in [2.75, 3.05) is 7.05 Å². The maximum absolute atomic E-state index is 12.2. The Labute approximate surface area is 115 Å². The number of hydrogen-bond donors (Lipinski definition) is 1. The predicted octanol–water partition coefficient (Wildman–Crippen LogP) is 1.85. The van der Waals surface area contributed by atoms with Gasteiger partial charge in [-0.05, 0) is 37.6 Å². The highest BCUT2D eigenvalue weighted by atomic mass is 79.9. The summed E-state index contributed by atoms with van der Waals surface area (Å²) in [6.45, 7) is 3.09. The molecule has 0 aliphatic heterocycles. The maximum atomic E-state index is 12.2. The number of halogens is 1. The molecule has 0 saturated heterocycles. The highest BCUT2D eigenvalue weighted by molar-refractivity contribution is 9.10. The molecule has 0 aromatic heterocycles. The van der Waals surface area contributed by atoms with Crippen molar-refractivity contribution >= 4 is 31.9 Å². The molecular weight excluding hydrogens is 322 g/mol. The van der Waals surface area contributed by atoms with Gasteiger partial charge in [0.2, 0.25) is 10.0 Å². The molecule has 100 valence electrons. The molecule has 1 unspecified atom stereocenters. The lowest BCUT2D eigenvalue weighted by Crippen LogP contribution is -2.40.